The van der Waals surface area contributed by atoms with Gasteiger partial charge in [0.15, 0.2) is 0 Å². The van der Waals surface area contributed by atoms with E-state index in [0.29, 0.717) is 16.4 Å². The molecule has 0 aliphatic rings. The summed E-state index contributed by atoms with van der Waals surface area (Å²) in [6.45, 7) is 0. The third kappa shape index (κ3) is 5.58. The van der Waals surface area contributed by atoms with Gasteiger partial charge < -0.3 is 10.6 Å². The van der Waals surface area contributed by atoms with Gasteiger partial charge in [0.1, 0.15) is 5.82 Å². The number of halogens is 2. The normalized spacial score (nSPS) is 10.4. The number of benzene rings is 3. The van der Waals surface area contributed by atoms with E-state index in [2.05, 4.69) is 10.6 Å². The van der Waals surface area contributed by atoms with Crippen molar-refractivity contribution in [1.29, 1.82) is 0 Å². The zero-order chi connectivity index (χ0) is 19.9. The molecule has 7 heteroatoms. The largest absolute Gasteiger partial charge is 0.325 e. The van der Waals surface area contributed by atoms with Crippen LogP contribution in [0.2, 0.25) is 5.02 Å². The van der Waals surface area contributed by atoms with Crippen LogP contribution in [0.15, 0.2) is 77.7 Å². The summed E-state index contributed by atoms with van der Waals surface area (Å²) in [7, 11) is 0. The van der Waals surface area contributed by atoms with E-state index in [4.69, 9.17) is 11.6 Å². The number of anilines is 2. The average Bonchev–Trinajstić information content (AvgIpc) is 2.69. The molecule has 0 fully saturated rings. The van der Waals surface area contributed by atoms with Crippen molar-refractivity contribution in [2.24, 2.45) is 0 Å². The Kier molecular flexibility index (Phi) is 6.68. The fraction of sp³-hybridized carbons (Fsp3) is 0.0476. The van der Waals surface area contributed by atoms with Crippen LogP contribution >= 0.6 is 23.4 Å². The number of amides is 2. The highest BCUT2D eigenvalue weighted by Crippen LogP contribution is 2.21. The Morgan fingerprint density at radius 2 is 1.46 bits per heavy atom. The van der Waals surface area contributed by atoms with E-state index in [1.807, 2.05) is 0 Å². The fourth-order valence-corrected chi connectivity index (χ4v) is 3.18. The van der Waals surface area contributed by atoms with Gasteiger partial charge in [0, 0.05) is 21.3 Å². The van der Waals surface area contributed by atoms with Gasteiger partial charge >= 0.3 is 0 Å². The van der Waals surface area contributed by atoms with Crippen LogP contribution in [0.4, 0.5) is 15.8 Å². The SMILES string of the molecule is O=C(CSc1ccc(NC(=O)c2ccccc2F)cc1)Nc1ccc(Cl)cc1. The lowest BCUT2D eigenvalue weighted by Crippen LogP contribution is -2.14. The lowest BCUT2D eigenvalue weighted by atomic mass is 10.2. The molecule has 0 aromatic heterocycles. The van der Waals surface area contributed by atoms with E-state index >= 15 is 0 Å². The Morgan fingerprint density at radius 3 is 2.14 bits per heavy atom. The van der Waals surface area contributed by atoms with Crippen molar-refractivity contribution in [1.82, 2.24) is 0 Å². The third-order valence-electron chi connectivity index (χ3n) is 3.73. The third-order valence-corrected chi connectivity index (χ3v) is 4.99. The first-order valence-corrected chi connectivity index (χ1v) is 9.72. The molecule has 28 heavy (non-hydrogen) atoms. The van der Waals surface area contributed by atoms with Crippen molar-refractivity contribution >= 4 is 46.6 Å². The summed E-state index contributed by atoms with van der Waals surface area (Å²) < 4.78 is 13.7. The van der Waals surface area contributed by atoms with Gasteiger partial charge in [0.05, 0.1) is 11.3 Å². The maximum atomic E-state index is 13.7. The second-order valence-electron chi connectivity index (χ2n) is 5.80. The van der Waals surface area contributed by atoms with Crippen LogP contribution in [0, 0.1) is 5.82 Å². The Labute approximate surface area is 171 Å². The summed E-state index contributed by atoms with van der Waals surface area (Å²) in [5.41, 5.74) is 1.21. The van der Waals surface area contributed by atoms with Gasteiger partial charge in [-0.05, 0) is 60.7 Å². The minimum absolute atomic E-state index is 0.0141. The van der Waals surface area contributed by atoms with Crippen LogP contribution in [0.3, 0.4) is 0 Å². The Hall–Kier alpha value is -2.83. The van der Waals surface area contributed by atoms with Gasteiger partial charge in [-0.15, -0.1) is 11.8 Å². The standard InChI is InChI=1S/C21H16ClFN2O2S/c22-14-5-7-15(8-6-14)24-20(26)13-28-17-11-9-16(10-12-17)25-21(27)18-3-1-2-4-19(18)23/h1-12H,13H2,(H,24,26)(H,25,27). The lowest BCUT2D eigenvalue weighted by Gasteiger charge is -2.08. The van der Waals surface area contributed by atoms with Crippen molar-refractivity contribution in [3.8, 4) is 0 Å². The van der Waals surface area contributed by atoms with Crippen LogP contribution < -0.4 is 10.6 Å². The molecule has 3 aromatic rings. The highest BCUT2D eigenvalue weighted by atomic mass is 35.5. The number of hydrogen-bond donors (Lipinski definition) is 2. The molecular weight excluding hydrogens is 399 g/mol. The molecule has 3 aromatic carbocycles. The number of thioether (sulfide) groups is 1. The molecule has 3 rings (SSSR count). The summed E-state index contributed by atoms with van der Waals surface area (Å²) in [5, 5.41) is 6.05. The first-order chi connectivity index (χ1) is 13.5. The van der Waals surface area contributed by atoms with E-state index < -0.39 is 11.7 Å². The zero-order valence-electron chi connectivity index (χ0n) is 14.6. The molecule has 0 atom stereocenters. The fourth-order valence-electron chi connectivity index (χ4n) is 2.36. The highest BCUT2D eigenvalue weighted by molar-refractivity contribution is 8.00. The Balaban J connectivity index is 1.51. The maximum absolute atomic E-state index is 13.7. The molecule has 0 heterocycles. The van der Waals surface area contributed by atoms with E-state index in [1.54, 1.807) is 54.6 Å². The Bertz CT molecular complexity index is 978. The van der Waals surface area contributed by atoms with Gasteiger partial charge in [-0.25, -0.2) is 4.39 Å². The van der Waals surface area contributed by atoms with Gasteiger partial charge in [-0.2, -0.15) is 0 Å². The molecule has 142 valence electrons. The Morgan fingerprint density at radius 1 is 0.857 bits per heavy atom. The smallest absolute Gasteiger partial charge is 0.258 e. The lowest BCUT2D eigenvalue weighted by molar-refractivity contribution is -0.113. The van der Waals surface area contributed by atoms with Crippen molar-refractivity contribution in [3.63, 3.8) is 0 Å². The molecule has 4 nitrogen and oxygen atoms in total. The van der Waals surface area contributed by atoms with Crippen LogP contribution in [0.25, 0.3) is 0 Å². The van der Waals surface area contributed by atoms with E-state index in [-0.39, 0.29) is 17.2 Å². The molecule has 0 aliphatic heterocycles. The summed E-state index contributed by atoms with van der Waals surface area (Å²) in [5.74, 6) is -0.979. The molecule has 0 bridgehead atoms. The highest BCUT2D eigenvalue weighted by Gasteiger charge is 2.11. The van der Waals surface area contributed by atoms with E-state index in [9.17, 15) is 14.0 Å². The predicted molar refractivity (Wildman–Crippen MR) is 112 cm³/mol. The second kappa shape index (κ2) is 9.39. The average molecular weight is 415 g/mol. The summed E-state index contributed by atoms with van der Waals surface area (Å²) >= 11 is 7.18. The molecule has 2 amide bonds. The van der Waals surface area contributed by atoms with Gasteiger partial charge in [-0.1, -0.05) is 23.7 Å². The van der Waals surface area contributed by atoms with Gasteiger partial charge in [0.2, 0.25) is 5.91 Å². The monoisotopic (exact) mass is 414 g/mol. The molecule has 0 spiro atoms. The van der Waals surface area contributed by atoms with Crippen molar-refractivity contribution in [2.45, 2.75) is 4.90 Å². The van der Waals surface area contributed by atoms with Crippen molar-refractivity contribution < 1.29 is 14.0 Å². The molecule has 0 saturated carbocycles. The number of carbonyl (C=O) groups is 2. The summed E-state index contributed by atoms with van der Waals surface area (Å²) in [6, 6.07) is 19.7. The number of hydrogen-bond acceptors (Lipinski definition) is 3. The van der Waals surface area contributed by atoms with E-state index in [1.165, 1.54) is 30.0 Å². The molecule has 0 saturated heterocycles. The minimum Gasteiger partial charge on any atom is -0.325 e. The van der Waals surface area contributed by atoms with Crippen LogP contribution in [0.1, 0.15) is 10.4 Å². The molecule has 0 unspecified atom stereocenters. The van der Waals surface area contributed by atoms with Crippen LogP contribution in [-0.4, -0.2) is 17.6 Å². The van der Waals surface area contributed by atoms with Gasteiger partial charge in [-0.3, -0.25) is 9.59 Å². The quantitative estimate of drug-likeness (QED) is 0.526. The molecule has 0 radical (unpaired) electrons. The number of nitrogens with one attached hydrogen (secondary N) is 2. The number of rotatable bonds is 6. The van der Waals surface area contributed by atoms with Crippen LogP contribution in [0.5, 0.6) is 0 Å². The van der Waals surface area contributed by atoms with Gasteiger partial charge in [0.25, 0.3) is 5.91 Å². The van der Waals surface area contributed by atoms with Crippen LogP contribution in [-0.2, 0) is 4.79 Å². The first-order valence-electron chi connectivity index (χ1n) is 8.35. The maximum Gasteiger partial charge on any atom is 0.258 e. The topological polar surface area (TPSA) is 58.2 Å². The van der Waals surface area contributed by atoms with E-state index in [0.717, 1.165) is 4.90 Å². The summed E-state index contributed by atoms with van der Waals surface area (Å²) in [6.07, 6.45) is 0. The van der Waals surface area contributed by atoms with Crippen molar-refractivity contribution in [2.75, 3.05) is 16.4 Å². The molecule has 0 aliphatic carbocycles. The van der Waals surface area contributed by atoms with Crippen molar-refractivity contribution in [3.05, 3.63) is 89.2 Å². The predicted octanol–water partition coefficient (Wildman–Crippen LogP) is 5.46. The second-order valence-corrected chi connectivity index (χ2v) is 7.29. The minimum atomic E-state index is -0.570. The summed E-state index contributed by atoms with van der Waals surface area (Å²) in [4.78, 5) is 25.0. The zero-order valence-corrected chi connectivity index (χ0v) is 16.2. The molecular formula is C21H16ClFN2O2S. The first kappa shape index (κ1) is 19.9. The number of carbonyl (C=O) groups excluding carboxylic acids is 2. The molecule has 2 N–H and O–H groups in total.